The SMILES string of the molecule is NCCCCCCn1ncc2cc(-c3cc(-c4ccc(N5C=CCC5)cc4)nn(CC(F)(F)F)c3=O)ccc21. The molecule has 0 spiro atoms. The second-order valence-electron chi connectivity index (χ2n) is 9.78. The number of halogens is 3. The first-order valence-electron chi connectivity index (χ1n) is 13.2. The molecule has 0 fully saturated rings. The molecule has 0 saturated heterocycles. The highest BCUT2D eigenvalue weighted by Crippen LogP contribution is 2.28. The lowest BCUT2D eigenvalue weighted by Gasteiger charge is -2.16. The van der Waals surface area contributed by atoms with Crippen molar-refractivity contribution >= 4 is 16.6 Å². The van der Waals surface area contributed by atoms with Gasteiger partial charge in [0.1, 0.15) is 6.54 Å². The summed E-state index contributed by atoms with van der Waals surface area (Å²) in [4.78, 5) is 15.3. The van der Waals surface area contributed by atoms with Gasteiger partial charge in [0.05, 0.1) is 23.0 Å². The van der Waals surface area contributed by atoms with Crippen molar-refractivity contribution in [2.75, 3.05) is 18.0 Å². The Morgan fingerprint density at radius 1 is 0.923 bits per heavy atom. The van der Waals surface area contributed by atoms with E-state index < -0.39 is 18.3 Å². The number of nitrogens with zero attached hydrogens (tertiary/aromatic N) is 5. The van der Waals surface area contributed by atoms with Crippen molar-refractivity contribution in [2.24, 2.45) is 5.73 Å². The fourth-order valence-corrected chi connectivity index (χ4v) is 4.89. The molecule has 4 aromatic rings. The van der Waals surface area contributed by atoms with Gasteiger partial charge < -0.3 is 10.6 Å². The summed E-state index contributed by atoms with van der Waals surface area (Å²) in [7, 11) is 0. The van der Waals surface area contributed by atoms with Crippen LogP contribution in [0.1, 0.15) is 32.1 Å². The summed E-state index contributed by atoms with van der Waals surface area (Å²) in [6, 6.07) is 14.4. The molecule has 7 nitrogen and oxygen atoms in total. The van der Waals surface area contributed by atoms with Gasteiger partial charge in [-0.15, -0.1) is 0 Å². The smallest absolute Gasteiger partial charge is 0.348 e. The molecule has 0 atom stereocenters. The second-order valence-corrected chi connectivity index (χ2v) is 9.78. The quantitative estimate of drug-likeness (QED) is 0.262. The van der Waals surface area contributed by atoms with Crippen molar-refractivity contribution < 1.29 is 13.2 Å². The summed E-state index contributed by atoms with van der Waals surface area (Å²) < 4.78 is 42.5. The second kappa shape index (κ2) is 11.4. The molecule has 0 bridgehead atoms. The first-order chi connectivity index (χ1) is 18.8. The van der Waals surface area contributed by atoms with Crippen LogP contribution < -0.4 is 16.2 Å². The maximum atomic E-state index is 13.4. The molecule has 0 unspecified atom stereocenters. The monoisotopic (exact) mass is 536 g/mol. The van der Waals surface area contributed by atoms with Crippen LogP contribution in [-0.4, -0.2) is 38.8 Å². The van der Waals surface area contributed by atoms with Crippen LogP contribution >= 0.6 is 0 Å². The fraction of sp³-hybridized carbons (Fsp3) is 0.345. The molecule has 0 aliphatic carbocycles. The number of hydrogen-bond acceptors (Lipinski definition) is 5. The van der Waals surface area contributed by atoms with Gasteiger partial charge in [0, 0.05) is 35.9 Å². The molecule has 5 rings (SSSR count). The Morgan fingerprint density at radius 2 is 1.69 bits per heavy atom. The zero-order valence-electron chi connectivity index (χ0n) is 21.6. The van der Waals surface area contributed by atoms with E-state index in [1.54, 1.807) is 24.4 Å². The highest BCUT2D eigenvalue weighted by Gasteiger charge is 2.30. The van der Waals surface area contributed by atoms with Crippen LogP contribution in [0.4, 0.5) is 18.9 Å². The third-order valence-electron chi connectivity index (χ3n) is 6.90. The summed E-state index contributed by atoms with van der Waals surface area (Å²) in [6.45, 7) is 0.865. The topological polar surface area (TPSA) is 82.0 Å². The van der Waals surface area contributed by atoms with E-state index in [2.05, 4.69) is 21.2 Å². The van der Waals surface area contributed by atoms with Crippen molar-refractivity contribution in [3.8, 4) is 22.4 Å². The number of benzene rings is 2. The van der Waals surface area contributed by atoms with Crippen molar-refractivity contribution in [3.05, 3.63) is 77.4 Å². The summed E-state index contributed by atoms with van der Waals surface area (Å²) in [5.74, 6) is 0. The van der Waals surface area contributed by atoms with Crippen molar-refractivity contribution in [1.82, 2.24) is 19.6 Å². The molecule has 0 saturated carbocycles. The molecule has 10 heteroatoms. The largest absolute Gasteiger partial charge is 0.408 e. The van der Waals surface area contributed by atoms with Crippen LogP contribution in [0.3, 0.4) is 0 Å². The predicted octanol–water partition coefficient (Wildman–Crippen LogP) is 5.73. The highest BCUT2D eigenvalue weighted by molar-refractivity contribution is 5.85. The van der Waals surface area contributed by atoms with Gasteiger partial charge in [-0.05, 0) is 61.7 Å². The fourth-order valence-electron chi connectivity index (χ4n) is 4.89. The number of unbranched alkanes of at least 4 members (excludes halogenated alkanes) is 3. The highest BCUT2D eigenvalue weighted by atomic mass is 19.4. The first kappa shape index (κ1) is 26.7. The van der Waals surface area contributed by atoms with Gasteiger partial charge in [-0.2, -0.15) is 23.4 Å². The van der Waals surface area contributed by atoms with E-state index in [-0.39, 0.29) is 5.56 Å². The first-order valence-corrected chi connectivity index (χ1v) is 13.2. The zero-order valence-corrected chi connectivity index (χ0v) is 21.6. The Hall–Kier alpha value is -3.92. The van der Waals surface area contributed by atoms with Gasteiger partial charge in [0.2, 0.25) is 0 Å². The van der Waals surface area contributed by atoms with Gasteiger partial charge in [0.15, 0.2) is 0 Å². The number of hydrogen-bond donors (Lipinski definition) is 1. The van der Waals surface area contributed by atoms with E-state index in [0.29, 0.717) is 28.0 Å². The van der Waals surface area contributed by atoms with E-state index >= 15 is 0 Å². The third kappa shape index (κ3) is 6.22. The molecule has 0 amide bonds. The molecular weight excluding hydrogens is 505 g/mol. The molecule has 204 valence electrons. The van der Waals surface area contributed by atoms with Crippen LogP contribution in [-0.2, 0) is 13.1 Å². The third-order valence-corrected chi connectivity index (χ3v) is 6.90. The van der Waals surface area contributed by atoms with E-state index in [0.717, 1.165) is 61.8 Å². The van der Waals surface area contributed by atoms with Crippen molar-refractivity contribution in [1.29, 1.82) is 0 Å². The maximum Gasteiger partial charge on any atom is 0.408 e. The number of aromatic nitrogens is 4. The summed E-state index contributed by atoms with van der Waals surface area (Å²) in [5, 5.41) is 9.39. The van der Waals surface area contributed by atoms with Crippen LogP contribution in [0, 0.1) is 0 Å². The molecule has 2 N–H and O–H groups in total. The van der Waals surface area contributed by atoms with Gasteiger partial charge in [-0.3, -0.25) is 9.48 Å². The van der Waals surface area contributed by atoms with Gasteiger partial charge >= 0.3 is 6.18 Å². The minimum absolute atomic E-state index is 0.159. The van der Waals surface area contributed by atoms with Crippen LogP contribution in [0.15, 0.2) is 71.8 Å². The minimum Gasteiger partial charge on any atom is -0.348 e. The molecule has 0 radical (unpaired) electrons. The molecule has 39 heavy (non-hydrogen) atoms. The molecule has 1 aliphatic rings. The number of nitrogens with two attached hydrogens (primary N) is 1. The number of fused-ring (bicyclic) bond motifs is 1. The van der Waals surface area contributed by atoms with Crippen LogP contribution in [0.25, 0.3) is 33.3 Å². The molecule has 2 aromatic carbocycles. The van der Waals surface area contributed by atoms with E-state index in [1.807, 2.05) is 41.2 Å². The number of aryl methyl sites for hydroxylation is 1. The maximum absolute atomic E-state index is 13.4. The van der Waals surface area contributed by atoms with Crippen molar-refractivity contribution in [3.63, 3.8) is 0 Å². The minimum atomic E-state index is -4.59. The molecule has 3 heterocycles. The average Bonchev–Trinajstić information content (AvgIpc) is 3.59. The average molecular weight is 537 g/mol. The lowest BCUT2D eigenvalue weighted by molar-refractivity contribution is -0.143. The van der Waals surface area contributed by atoms with Crippen LogP contribution in [0.5, 0.6) is 0 Å². The number of alkyl halides is 3. The van der Waals surface area contributed by atoms with Gasteiger partial charge in [-0.25, -0.2) is 4.68 Å². The summed E-state index contributed by atoms with van der Waals surface area (Å²) in [6.07, 6.45) is 6.30. The number of rotatable bonds is 10. The normalized spacial score (nSPS) is 13.6. The molecule has 2 aromatic heterocycles. The van der Waals surface area contributed by atoms with Crippen LogP contribution in [0.2, 0.25) is 0 Å². The Bertz CT molecular complexity index is 1520. The Morgan fingerprint density at radius 3 is 2.41 bits per heavy atom. The Balaban J connectivity index is 1.48. The number of anilines is 1. The van der Waals surface area contributed by atoms with Gasteiger partial charge in [-0.1, -0.05) is 37.1 Å². The Kier molecular flexibility index (Phi) is 7.83. The Labute approximate surface area is 224 Å². The molecular formula is C29H31F3N6O. The predicted molar refractivity (Wildman–Crippen MR) is 147 cm³/mol. The molecule has 1 aliphatic heterocycles. The van der Waals surface area contributed by atoms with E-state index in [1.165, 1.54) is 0 Å². The summed E-state index contributed by atoms with van der Waals surface area (Å²) in [5.41, 5.74) is 8.27. The lowest BCUT2D eigenvalue weighted by atomic mass is 10.0. The summed E-state index contributed by atoms with van der Waals surface area (Å²) >= 11 is 0. The van der Waals surface area contributed by atoms with E-state index in [9.17, 15) is 18.0 Å². The van der Waals surface area contributed by atoms with Gasteiger partial charge in [0.25, 0.3) is 5.56 Å². The zero-order chi connectivity index (χ0) is 27.4. The standard InChI is InChI=1S/C29H31F3N6O/c30-29(31,32)20-38-28(39)25(18-26(35-38)21-7-10-24(11-8-21)36-14-5-6-15-36)22-9-12-27-23(17-22)19-34-37(27)16-4-2-1-3-13-33/h5,7-12,14,17-19H,1-4,6,13,15-16,20,33H2. The van der Waals surface area contributed by atoms with Crippen molar-refractivity contribution in [2.45, 2.75) is 51.4 Å². The van der Waals surface area contributed by atoms with E-state index in [4.69, 9.17) is 5.73 Å². The lowest BCUT2D eigenvalue weighted by Crippen LogP contribution is -2.31.